The van der Waals surface area contributed by atoms with Crippen molar-refractivity contribution in [3.63, 3.8) is 0 Å². The highest BCUT2D eigenvalue weighted by Gasteiger charge is 2.14. The standard InChI is InChI=1S/C16H19ClN4/c1-3-13-15(17)14(20(2)19-13)10-21-8-7-11-5-4-6-12(9-18)16(11)21/h4-8H,3,9-10,18H2,1-2H3. The molecule has 2 aromatic heterocycles. The van der Waals surface area contributed by atoms with Crippen LogP contribution in [0.3, 0.4) is 0 Å². The molecule has 0 aliphatic heterocycles. The van der Waals surface area contributed by atoms with Gasteiger partial charge < -0.3 is 10.3 Å². The number of hydrogen-bond acceptors (Lipinski definition) is 2. The molecule has 0 amide bonds. The average Bonchev–Trinajstić information content (AvgIpc) is 3.03. The molecule has 0 aliphatic rings. The molecule has 0 saturated carbocycles. The first-order valence-corrected chi connectivity index (χ1v) is 7.50. The lowest BCUT2D eigenvalue weighted by molar-refractivity contribution is 0.669. The summed E-state index contributed by atoms with van der Waals surface area (Å²) in [5.41, 5.74) is 10.2. The Labute approximate surface area is 129 Å². The van der Waals surface area contributed by atoms with Crippen LogP contribution in [0.25, 0.3) is 10.9 Å². The summed E-state index contributed by atoms with van der Waals surface area (Å²) < 4.78 is 4.07. The van der Waals surface area contributed by atoms with Crippen molar-refractivity contribution < 1.29 is 0 Å². The summed E-state index contributed by atoms with van der Waals surface area (Å²) in [6.45, 7) is 3.29. The second-order valence-electron chi connectivity index (χ2n) is 5.19. The number of para-hydroxylation sites is 1. The molecule has 0 unspecified atom stereocenters. The Bertz CT molecular complexity index is 785. The van der Waals surface area contributed by atoms with E-state index in [1.807, 2.05) is 17.8 Å². The molecule has 5 heteroatoms. The van der Waals surface area contributed by atoms with Gasteiger partial charge in [0, 0.05) is 19.8 Å². The van der Waals surface area contributed by atoms with Gasteiger partial charge in [-0.1, -0.05) is 36.7 Å². The van der Waals surface area contributed by atoms with Gasteiger partial charge in [-0.05, 0) is 23.4 Å². The molecule has 2 N–H and O–H groups in total. The van der Waals surface area contributed by atoms with Gasteiger partial charge in [-0.25, -0.2) is 0 Å². The van der Waals surface area contributed by atoms with Crippen molar-refractivity contribution >= 4 is 22.5 Å². The van der Waals surface area contributed by atoms with Gasteiger partial charge >= 0.3 is 0 Å². The molecule has 0 bridgehead atoms. The zero-order valence-electron chi connectivity index (χ0n) is 12.3. The summed E-state index contributed by atoms with van der Waals surface area (Å²) in [4.78, 5) is 0. The molecular formula is C16H19ClN4. The third kappa shape index (κ3) is 2.34. The van der Waals surface area contributed by atoms with Gasteiger partial charge in [0.05, 0.1) is 28.5 Å². The first-order chi connectivity index (χ1) is 10.2. The Morgan fingerprint density at radius 2 is 2.10 bits per heavy atom. The fourth-order valence-corrected chi connectivity index (χ4v) is 3.14. The van der Waals surface area contributed by atoms with Crippen LogP contribution in [-0.2, 0) is 26.6 Å². The van der Waals surface area contributed by atoms with Crippen molar-refractivity contribution in [3.8, 4) is 0 Å². The zero-order valence-corrected chi connectivity index (χ0v) is 13.1. The van der Waals surface area contributed by atoms with Crippen LogP contribution in [0.5, 0.6) is 0 Å². The van der Waals surface area contributed by atoms with Crippen molar-refractivity contribution in [2.45, 2.75) is 26.4 Å². The SMILES string of the molecule is CCc1nn(C)c(Cn2ccc3cccc(CN)c32)c1Cl. The van der Waals surface area contributed by atoms with Crippen LogP contribution in [0.4, 0.5) is 0 Å². The molecule has 1 aromatic carbocycles. The normalized spacial score (nSPS) is 11.4. The molecule has 0 aliphatic carbocycles. The summed E-state index contributed by atoms with van der Waals surface area (Å²) in [6.07, 6.45) is 2.92. The molecule has 3 aromatic rings. The topological polar surface area (TPSA) is 48.8 Å². The number of benzene rings is 1. The summed E-state index contributed by atoms with van der Waals surface area (Å²) in [5, 5.41) is 6.45. The number of rotatable bonds is 4. The number of hydrogen-bond donors (Lipinski definition) is 1. The van der Waals surface area contributed by atoms with E-state index in [-0.39, 0.29) is 0 Å². The Morgan fingerprint density at radius 1 is 1.29 bits per heavy atom. The molecule has 0 saturated heterocycles. The Morgan fingerprint density at radius 3 is 2.76 bits per heavy atom. The minimum Gasteiger partial charge on any atom is -0.341 e. The van der Waals surface area contributed by atoms with E-state index in [0.29, 0.717) is 13.1 Å². The van der Waals surface area contributed by atoms with Gasteiger partial charge in [-0.2, -0.15) is 5.10 Å². The highest BCUT2D eigenvalue weighted by Crippen LogP contribution is 2.25. The third-order valence-corrected chi connectivity index (χ3v) is 4.35. The largest absolute Gasteiger partial charge is 0.341 e. The number of halogens is 1. The third-order valence-electron chi connectivity index (χ3n) is 3.92. The Balaban J connectivity index is 2.09. The smallest absolute Gasteiger partial charge is 0.0868 e. The van der Waals surface area contributed by atoms with Crippen LogP contribution in [-0.4, -0.2) is 14.3 Å². The summed E-state index contributed by atoms with van der Waals surface area (Å²) in [5.74, 6) is 0. The first-order valence-electron chi connectivity index (χ1n) is 7.12. The quantitative estimate of drug-likeness (QED) is 0.805. The fraction of sp³-hybridized carbons (Fsp3) is 0.312. The van der Waals surface area contributed by atoms with Crippen molar-refractivity contribution in [1.29, 1.82) is 0 Å². The average molecular weight is 303 g/mol. The van der Waals surface area contributed by atoms with Crippen LogP contribution in [0.15, 0.2) is 30.5 Å². The van der Waals surface area contributed by atoms with E-state index in [4.69, 9.17) is 17.3 Å². The number of nitrogens with two attached hydrogens (primary N) is 1. The molecule has 4 nitrogen and oxygen atoms in total. The van der Waals surface area contributed by atoms with E-state index < -0.39 is 0 Å². The molecule has 0 radical (unpaired) electrons. The molecule has 0 fully saturated rings. The minimum absolute atomic E-state index is 0.528. The van der Waals surface area contributed by atoms with Crippen LogP contribution in [0.1, 0.15) is 23.9 Å². The van der Waals surface area contributed by atoms with Crippen LogP contribution in [0, 0.1) is 0 Å². The van der Waals surface area contributed by atoms with E-state index in [1.54, 1.807) is 0 Å². The van der Waals surface area contributed by atoms with Crippen LogP contribution < -0.4 is 5.73 Å². The van der Waals surface area contributed by atoms with Gasteiger partial charge in [-0.15, -0.1) is 0 Å². The lowest BCUT2D eigenvalue weighted by Gasteiger charge is -2.09. The van der Waals surface area contributed by atoms with E-state index in [0.717, 1.165) is 28.4 Å². The lowest BCUT2D eigenvalue weighted by atomic mass is 10.1. The fourth-order valence-electron chi connectivity index (χ4n) is 2.79. The predicted octanol–water partition coefficient (Wildman–Crippen LogP) is 3.10. The molecule has 0 spiro atoms. The van der Waals surface area contributed by atoms with Crippen LogP contribution in [0.2, 0.25) is 5.02 Å². The van der Waals surface area contributed by atoms with Crippen molar-refractivity contribution in [2.75, 3.05) is 0 Å². The van der Waals surface area contributed by atoms with Gasteiger partial charge in [0.2, 0.25) is 0 Å². The maximum Gasteiger partial charge on any atom is 0.0868 e. The second-order valence-corrected chi connectivity index (χ2v) is 5.57. The predicted molar refractivity (Wildman–Crippen MR) is 86.5 cm³/mol. The van der Waals surface area contributed by atoms with Crippen molar-refractivity contribution in [2.24, 2.45) is 12.8 Å². The summed E-state index contributed by atoms with van der Waals surface area (Å²) in [6, 6.07) is 8.33. The highest BCUT2D eigenvalue weighted by atomic mass is 35.5. The number of fused-ring (bicyclic) bond motifs is 1. The first kappa shape index (κ1) is 14.2. The highest BCUT2D eigenvalue weighted by molar-refractivity contribution is 6.31. The van der Waals surface area contributed by atoms with Crippen molar-refractivity contribution in [3.05, 3.63) is 52.4 Å². The van der Waals surface area contributed by atoms with Gasteiger partial charge in [0.1, 0.15) is 0 Å². The second kappa shape index (κ2) is 5.54. The van der Waals surface area contributed by atoms with E-state index in [9.17, 15) is 0 Å². The number of nitrogens with zero attached hydrogens (tertiary/aromatic N) is 3. The van der Waals surface area contributed by atoms with E-state index in [1.165, 1.54) is 10.9 Å². The molecule has 110 valence electrons. The lowest BCUT2D eigenvalue weighted by Crippen LogP contribution is -2.07. The molecule has 21 heavy (non-hydrogen) atoms. The summed E-state index contributed by atoms with van der Waals surface area (Å²) in [7, 11) is 1.94. The molecule has 3 rings (SSSR count). The van der Waals surface area contributed by atoms with E-state index >= 15 is 0 Å². The maximum atomic E-state index is 6.45. The van der Waals surface area contributed by atoms with E-state index in [2.05, 4.69) is 41.0 Å². The van der Waals surface area contributed by atoms with Crippen molar-refractivity contribution in [1.82, 2.24) is 14.3 Å². The molecular weight excluding hydrogens is 284 g/mol. The Kier molecular flexibility index (Phi) is 3.74. The van der Waals surface area contributed by atoms with Crippen LogP contribution >= 0.6 is 11.6 Å². The summed E-state index contributed by atoms with van der Waals surface area (Å²) >= 11 is 6.45. The number of aromatic nitrogens is 3. The molecule has 2 heterocycles. The monoisotopic (exact) mass is 302 g/mol. The molecule has 0 atom stereocenters. The maximum absolute atomic E-state index is 6.45. The Hall–Kier alpha value is -1.78. The van der Waals surface area contributed by atoms with Gasteiger partial charge in [0.15, 0.2) is 0 Å². The van der Waals surface area contributed by atoms with Gasteiger partial charge in [0.25, 0.3) is 0 Å². The minimum atomic E-state index is 0.528. The van der Waals surface area contributed by atoms with Gasteiger partial charge in [-0.3, -0.25) is 4.68 Å². The number of aryl methyl sites for hydroxylation is 2. The zero-order chi connectivity index (χ0) is 15.0.